The molecule has 0 spiro atoms. The van der Waals surface area contributed by atoms with Crippen molar-refractivity contribution in [2.24, 2.45) is 0 Å². The maximum absolute atomic E-state index is 12.0. The molecule has 0 aliphatic heterocycles. The van der Waals surface area contributed by atoms with E-state index in [4.69, 9.17) is 5.11 Å². The molecule has 112 valence electrons. The van der Waals surface area contributed by atoms with E-state index >= 15 is 0 Å². The molecule has 21 heavy (non-hydrogen) atoms. The molecule has 0 saturated carbocycles. The average molecular weight is 311 g/mol. The number of nitrogens with one attached hydrogen (secondary N) is 1. The second-order valence-electron chi connectivity index (χ2n) is 4.19. The van der Waals surface area contributed by atoms with Crippen LogP contribution in [0, 0.1) is 6.92 Å². The van der Waals surface area contributed by atoms with Gasteiger partial charge in [-0.15, -0.1) is 0 Å². The molecule has 0 aliphatic carbocycles. The van der Waals surface area contributed by atoms with E-state index in [0.717, 1.165) is 17.1 Å². The highest BCUT2D eigenvalue weighted by atomic mass is 32.2. The summed E-state index contributed by atoms with van der Waals surface area (Å²) in [5.74, 6) is -0.563. The van der Waals surface area contributed by atoms with E-state index in [1.165, 1.54) is 6.20 Å². The van der Waals surface area contributed by atoms with E-state index in [0.29, 0.717) is 11.5 Å². The standard InChI is InChI=1S/C11H13N5O4S/c1-8-12-3-2-9(15-8)4-14-21(19,20)10-5-13-16(6-10)7-11(17)18/h2-3,5-6,14H,4,7H2,1H3,(H,17,18). The fourth-order valence-corrected chi connectivity index (χ4v) is 2.52. The van der Waals surface area contributed by atoms with Crippen molar-refractivity contribution >= 4 is 16.0 Å². The first-order chi connectivity index (χ1) is 9.87. The third kappa shape index (κ3) is 4.07. The number of hydrogen-bond donors (Lipinski definition) is 2. The van der Waals surface area contributed by atoms with Crippen LogP contribution in [-0.2, 0) is 27.9 Å². The van der Waals surface area contributed by atoms with E-state index in [1.807, 2.05) is 0 Å². The zero-order valence-electron chi connectivity index (χ0n) is 11.1. The summed E-state index contributed by atoms with van der Waals surface area (Å²) < 4.78 is 27.5. The molecule has 2 aromatic rings. The van der Waals surface area contributed by atoms with Gasteiger partial charge in [0.2, 0.25) is 10.0 Å². The Morgan fingerprint density at radius 2 is 2.24 bits per heavy atom. The predicted molar refractivity (Wildman–Crippen MR) is 70.7 cm³/mol. The van der Waals surface area contributed by atoms with Crippen molar-refractivity contribution in [1.29, 1.82) is 0 Å². The van der Waals surface area contributed by atoms with Crippen LogP contribution in [0.2, 0.25) is 0 Å². The van der Waals surface area contributed by atoms with E-state index in [2.05, 4.69) is 19.8 Å². The molecule has 0 bridgehead atoms. The lowest BCUT2D eigenvalue weighted by atomic mass is 10.4. The summed E-state index contributed by atoms with van der Waals surface area (Å²) in [6, 6.07) is 1.60. The number of rotatable bonds is 6. The Balaban J connectivity index is 2.08. The van der Waals surface area contributed by atoms with Gasteiger partial charge < -0.3 is 5.11 Å². The van der Waals surface area contributed by atoms with Crippen molar-refractivity contribution in [3.05, 3.63) is 36.2 Å². The van der Waals surface area contributed by atoms with Crippen LogP contribution in [-0.4, -0.2) is 39.2 Å². The highest BCUT2D eigenvalue weighted by Gasteiger charge is 2.17. The summed E-state index contributed by atoms with van der Waals surface area (Å²) in [6.45, 7) is 1.31. The number of carbonyl (C=O) groups is 1. The second kappa shape index (κ2) is 5.97. The Labute approximate surface area is 120 Å². The summed E-state index contributed by atoms with van der Waals surface area (Å²) >= 11 is 0. The molecule has 0 amide bonds. The minimum atomic E-state index is -3.77. The molecule has 10 heteroatoms. The first kappa shape index (κ1) is 15.1. The van der Waals surface area contributed by atoms with Gasteiger partial charge in [0, 0.05) is 12.4 Å². The summed E-state index contributed by atoms with van der Waals surface area (Å²) in [5.41, 5.74) is 0.531. The van der Waals surface area contributed by atoms with Crippen molar-refractivity contribution in [2.45, 2.75) is 24.9 Å². The molecule has 0 saturated heterocycles. The lowest BCUT2D eigenvalue weighted by Gasteiger charge is -2.04. The Morgan fingerprint density at radius 1 is 1.48 bits per heavy atom. The van der Waals surface area contributed by atoms with Gasteiger partial charge in [-0.2, -0.15) is 5.10 Å². The smallest absolute Gasteiger partial charge is 0.325 e. The Hall–Kier alpha value is -2.33. The maximum atomic E-state index is 12.0. The molecule has 0 aliphatic rings. The van der Waals surface area contributed by atoms with Gasteiger partial charge in [-0.25, -0.2) is 23.1 Å². The van der Waals surface area contributed by atoms with Gasteiger partial charge in [0.25, 0.3) is 0 Å². The molecule has 0 radical (unpaired) electrons. The average Bonchev–Trinajstić information content (AvgIpc) is 2.85. The van der Waals surface area contributed by atoms with E-state index < -0.39 is 22.5 Å². The van der Waals surface area contributed by atoms with Crippen molar-refractivity contribution in [2.75, 3.05) is 0 Å². The van der Waals surface area contributed by atoms with Crippen LogP contribution < -0.4 is 4.72 Å². The van der Waals surface area contributed by atoms with Crippen LogP contribution in [0.3, 0.4) is 0 Å². The van der Waals surface area contributed by atoms with E-state index in [1.54, 1.807) is 13.0 Å². The molecule has 2 aromatic heterocycles. The number of carboxylic acid groups (broad SMARTS) is 1. The maximum Gasteiger partial charge on any atom is 0.325 e. The van der Waals surface area contributed by atoms with Crippen LogP contribution in [0.4, 0.5) is 0 Å². The van der Waals surface area contributed by atoms with Crippen LogP contribution >= 0.6 is 0 Å². The number of aromatic nitrogens is 4. The zero-order valence-corrected chi connectivity index (χ0v) is 11.9. The molecule has 2 N–H and O–H groups in total. The van der Waals surface area contributed by atoms with E-state index in [9.17, 15) is 13.2 Å². The van der Waals surface area contributed by atoms with Gasteiger partial charge in [-0.3, -0.25) is 9.48 Å². The monoisotopic (exact) mass is 311 g/mol. The van der Waals surface area contributed by atoms with Gasteiger partial charge in [0.15, 0.2) is 0 Å². The lowest BCUT2D eigenvalue weighted by Crippen LogP contribution is -2.23. The summed E-state index contributed by atoms with van der Waals surface area (Å²) in [6.07, 6.45) is 3.79. The quantitative estimate of drug-likeness (QED) is 0.739. The van der Waals surface area contributed by atoms with Crippen LogP contribution in [0.15, 0.2) is 29.6 Å². The fraction of sp³-hybridized carbons (Fsp3) is 0.273. The van der Waals surface area contributed by atoms with Gasteiger partial charge in [0.1, 0.15) is 17.3 Å². The van der Waals surface area contributed by atoms with Gasteiger partial charge in [-0.05, 0) is 13.0 Å². The normalized spacial score (nSPS) is 11.5. The molecular weight excluding hydrogens is 298 g/mol. The van der Waals surface area contributed by atoms with Gasteiger partial charge in [0.05, 0.1) is 18.4 Å². The molecule has 0 aromatic carbocycles. The number of hydrogen-bond acceptors (Lipinski definition) is 6. The second-order valence-corrected chi connectivity index (χ2v) is 5.95. The molecule has 0 unspecified atom stereocenters. The van der Waals surface area contributed by atoms with Crippen molar-refractivity contribution in [3.8, 4) is 0 Å². The summed E-state index contributed by atoms with van der Waals surface area (Å²) in [7, 11) is -3.77. The van der Waals surface area contributed by atoms with Gasteiger partial charge in [-0.1, -0.05) is 0 Å². The minimum Gasteiger partial charge on any atom is -0.480 e. The predicted octanol–water partition coefficient (Wildman–Crippen LogP) is -0.455. The highest BCUT2D eigenvalue weighted by molar-refractivity contribution is 7.89. The van der Waals surface area contributed by atoms with Crippen molar-refractivity contribution < 1.29 is 18.3 Å². The number of sulfonamides is 1. The van der Waals surface area contributed by atoms with Crippen molar-refractivity contribution in [3.63, 3.8) is 0 Å². The molecule has 2 rings (SSSR count). The third-order valence-electron chi connectivity index (χ3n) is 2.49. The zero-order chi connectivity index (χ0) is 15.5. The lowest BCUT2D eigenvalue weighted by molar-refractivity contribution is -0.137. The van der Waals surface area contributed by atoms with Crippen LogP contribution in [0.5, 0.6) is 0 Å². The Kier molecular flexibility index (Phi) is 4.29. The summed E-state index contributed by atoms with van der Waals surface area (Å²) in [5, 5.41) is 12.3. The molecule has 2 heterocycles. The topological polar surface area (TPSA) is 127 Å². The third-order valence-corrected chi connectivity index (χ3v) is 3.85. The number of aliphatic carboxylic acids is 1. The highest BCUT2D eigenvalue weighted by Crippen LogP contribution is 2.07. The minimum absolute atomic E-state index is 0.00973. The van der Waals surface area contributed by atoms with Crippen LogP contribution in [0.1, 0.15) is 11.5 Å². The number of nitrogens with zero attached hydrogens (tertiary/aromatic N) is 4. The van der Waals surface area contributed by atoms with Crippen LogP contribution in [0.25, 0.3) is 0 Å². The molecule has 0 atom stereocenters. The first-order valence-electron chi connectivity index (χ1n) is 5.89. The number of carboxylic acids is 1. The van der Waals surface area contributed by atoms with Gasteiger partial charge >= 0.3 is 5.97 Å². The Morgan fingerprint density at radius 3 is 2.90 bits per heavy atom. The summed E-state index contributed by atoms with van der Waals surface area (Å²) in [4.78, 5) is 18.4. The Bertz CT molecular complexity index is 755. The molecule has 9 nitrogen and oxygen atoms in total. The SMILES string of the molecule is Cc1nccc(CNS(=O)(=O)c2cnn(CC(=O)O)c2)n1. The fourth-order valence-electron chi connectivity index (χ4n) is 1.56. The van der Waals surface area contributed by atoms with E-state index in [-0.39, 0.29) is 11.4 Å². The number of aryl methyl sites for hydroxylation is 1. The molecule has 0 fully saturated rings. The largest absolute Gasteiger partial charge is 0.480 e. The first-order valence-corrected chi connectivity index (χ1v) is 7.37. The molecular formula is C11H13N5O4S. The van der Waals surface area contributed by atoms with Crippen molar-refractivity contribution in [1.82, 2.24) is 24.5 Å².